The minimum atomic E-state index is -0.467. The van der Waals surface area contributed by atoms with Crippen molar-refractivity contribution in [1.82, 2.24) is 0 Å². The molecule has 1 unspecified atom stereocenters. The zero-order valence-electron chi connectivity index (χ0n) is 16.4. The molecule has 0 fully saturated rings. The van der Waals surface area contributed by atoms with Crippen LogP contribution in [0.5, 0.6) is 0 Å². The molecule has 0 saturated carbocycles. The molecule has 148 valence electrons. The summed E-state index contributed by atoms with van der Waals surface area (Å²) in [5.41, 5.74) is 3.17. The zero-order valence-corrected chi connectivity index (χ0v) is 17.2. The van der Waals surface area contributed by atoms with Crippen molar-refractivity contribution in [2.75, 3.05) is 10.6 Å². The molecule has 1 aliphatic carbocycles. The molecule has 1 atom stereocenters. The highest BCUT2D eigenvalue weighted by Crippen LogP contribution is 2.54. The molecule has 1 amide bonds. The van der Waals surface area contributed by atoms with Crippen molar-refractivity contribution >= 4 is 33.7 Å². The van der Waals surface area contributed by atoms with Gasteiger partial charge in [-0.05, 0) is 29.5 Å². The third kappa shape index (κ3) is 3.34. The number of thiophene rings is 1. The second-order valence-electron chi connectivity index (χ2n) is 8.28. The van der Waals surface area contributed by atoms with E-state index in [2.05, 4.69) is 30.6 Å². The van der Waals surface area contributed by atoms with Crippen molar-refractivity contribution in [3.8, 4) is 6.07 Å². The Morgan fingerprint density at radius 2 is 2.00 bits per heavy atom. The van der Waals surface area contributed by atoms with Crippen molar-refractivity contribution in [2.45, 2.75) is 39.5 Å². The van der Waals surface area contributed by atoms with E-state index in [1.165, 1.54) is 30.4 Å². The third-order valence-electron chi connectivity index (χ3n) is 5.31. The number of carbonyl (C=O) groups is 2. The van der Waals surface area contributed by atoms with Gasteiger partial charge in [0.05, 0.1) is 5.69 Å². The Bertz CT molecular complexity index is 1110. The lowest BCUT2D eigenvalue weighted by Gasteiger charge is -2.38. The van der Waals surface area contributed by atoms with Crippen LogP contribution in [0.4, 0.5) is 15.1 Å². The van der Waals surface area contributed by atoms with Crippen molar-refractivity contribution < 1.29 is 14.0 Å². The number of rotatable bonds is 2. The molecule has 2 aromatic rings. The number of Topliss-reactive ketones (excluding diaryl/α,β-unsaturated/α-hetero) is 1. The maximum Gasteiger partial charge on any atom is 0.221 e. The van der Waals surface area contributed by atoms with Crippen LogP contribution in [0, 0.1) is 22.6 Å². The second kappa shape index (κ2) is 6.82. The second-order valence-corrected chi connectivity index (χ2v) is 9.31. The van der Waals surface area contributed by atoms with Gasteiger partial charge >= 0.3 is 0 Å². The van der Waals surface area contributed by atoms with Gasteiger partial charge in [0.25, 0.3) is 0 Å². The highest BCUT2D eigenvalue weighted by atomic mass is 32.1. The number of nitrogens with zero attached hydrogens (tertiary/aromatic N) is 1. The lowest BCUT2D eigenvalue weighted by Crippen LogP contribution is -2.33. The zero-order chi connectivity index (χ0) is 20.9. The number of benzene rings is 1. The molecule has 5 nitrogen and oxygen atoms in total. The summed E-state index contributed by atoms with van der Waals surface area (Å²) in [6.45, 7) is 5.49. The maximum absolute atomic E-state index is 13.6. The normalized spacial score (nSPS) is 19.7. The number of anilines is 2. The van der Waals surface area contributed by atoms with Crippen molar-refractivity contribution in [3.63, 3.8) is 0 Å². The molecular weight excluding hydrogens is 389 g/mol. The minimum absolute atomic E-state index is 0.0298. The molecule has 2 N–H and O–H groups in total. The number of hydrogen-bond donors (Lipinski definition) is 2. The van der Waals surface area contributed by atoms with Crippen LogP contribution in [-0.2, 0) is 9.59 Å². The predicted molar refractivity (Wildman–Crippen MR) is 110 cm³/mol. The molecule has 0 spiro atoms. The van der Waals surface area contributed by atoms with Crippen molar-refractivity contribution in [2.24, 2.45) is 5.41 Å². The number of carbonyl (C=O) groups excluding carboxylic acids is 2. The Labute approximate surface area is 172 Å². The van der Waals surface area contributed by atoms with Gasteiger partial charge in [-0.15, -0.1) is 11.3 Å². The van der Waals surface area contributed by atoms with Crippen LogP contribution in [0.2, 0.25) is 0 Å². The van der Waals surface area contributed by atoms with E-state index in [1.807, 2.05) is 0 Å². The summed E-state index contributed by atoms with van der Waals surface area (Å²) in [5, 5.41) is 16.5. The van der Waals surface area contributed by atoms with E-state index in [-0.39, 0.29) is 22.9 Å². The molecule has 1 aromatic heterocycles. The van der Waals surface area contributed by atoms with Gasteiger partial charge in [0.1, 0.15) is 21.8 Å². The quantitative estimate of drug-likeness (QED) is 0.738. The molecule has 1 aromatic carbocycles. The van der Waals surface area contributed by atoms with E-state index in [4.69, 9.17) is 0 Å². The lowest BCUT2D eigenvalue weighted by atomic mass is 9.69. The molecule has 7 heteroatoms. The first kappa shape index (κ1) is 19.3. The number of nitriles is 1. The van der Waals surface area contributed by atoms with Gasteiger partial charge in [-0.1, -0.05) is 26.0 Å². The number of amides is 1. The number of nitrogens with one attached hydrogen (secondary N) is 2. The van der Waals surface area contributed by atoms with Crippen LogP contribution in [0.25, 0.3) is 0 Å². The van der Waals surface area contributed by atoms with Gasteiger partial charge in [0.15, 0.2) is 5.78 Å². The Balaban J connectivity index is 1.98. The van der Waals surface area contributed by atoms with Crippen LogP contribution in [0.3, 0.4) is 0 Å². The Morgan fingerprint density at radius 1 is 1.31 bits per heavy atom. The average molecular weight is 409 g/mol. The molecular formula is C22H20FN3O2S. The number of ketones is 1. The van der Waals surface area contributed by atoms with E-state index in [1.54, 1.807) is 12.1 Å². The SMILES string of the molecule is CC(=O)Nc1c(C#N)sc2c1C(c1ccc(F)cc1)C1=C(CC(C)(C)CC1=O)N2. The first-order chi connectivity index (χ1) is 13.7. The van der Waals surface area contributed by atoms with E-state index in [9.17, 15) is 19.2 Å². The molecule has 2 heterocycles. The fourth-order valence-electron chi connectivity index (χ4n) is 4.24. The Hall–Kier alpha value is -2.98. The maximum atomic E-state index is 13.6. The number of allylic oxidation sites excluding steroid dienone is 2. The molecule has 2 aliphatic rings. The standard InChI is InChI=1S/C22H20FN3O2S/c1-11(27)25-20-16(10-24)29-21-19(20)17(12-4-6-13(23)7-5-12)18-14(26-21)8-22(2,3)9-15(18)28/h4-7,17,26H,8-9H2,1-3H3,(H,25,27). The first-order valence-electron chi connectivity index (χ1n) is 9.33. The fourth-order valence-corrected chi connectivity index (χ4v) is 5.26. The number of fused-ring (bicyclic) bond motifs is 1. The van der Waals surface area contributed by atoms with Crippen molar-refractivity contribution in [3.05, 3.63) is 57.4 Å². The minimum Gasteiger partial charge on any atom is -0.350 e. The lowest BCUT2D eigenvalue weighted by molar-refractivity contribution is -0.118. The largest absolute Gasteiger partial charge is 0.350 e. The predicted octanol–water partition coefficient (Wildman–Crippen LogP) is 4.92. The van der Waals surface area contributed by atoms with Gasteiger partial charge in [0.2, 0.25) is 5.91 Å². The van der Waals surface area contributed by atoms with E-state index in [0.29, 0.717) is 34.5 Å². The van der Waals surface area contributed by atoms with E-state index in [0.717, 1.165) is 16.3 Å². The summed E-state index contributed by atoms with van der Waals surface area (Å²) >= 11 is 1.26. The first-order valence-corrected chi connectivity index (χ1v) is 10.1. The Morgan fingerprint density at radius 3 is 2.62 bits per heavy atom. The fraction of sp³-hybridized carbons (Fsp3) is 0.318. The van der Waals surface area contributed by atoms with Crippen molar-refractivity contribution in [1.29, 1.82) is 5.26 Å². The molecule has 0 saturated heterocycles. The van der Waals surface area contributed by atoms with Gasteiger partial charge < -0.3 is 10.6 Å². The van der Waals surface area contributed by atoms with E-state index >= 15 is 0 Å². The summed E-state index contributed by atoms with van der Waals surface area (Å²) in [6.07, 6.45) is 1.10. The average Bonchev–Trinajstić information content (AvgIpc) is 2.96. The number of halogens is 1. The Kier molecular flexibility index (Phi) is 4.55. The highest BCUT2D eigenvalue weighted by molar-refractivity contribution is 7.17. The molecule has 0 radical (unpaired) electrons. The summed E-state index contributed by atoms with van der Waals surface area (Å²) in [4.78, 5) is 25.4. The topological polar surface area (TPSA) is 82.0 Å². The van der Waals surface area contributed by atoms with Gasteiger partial charge in [-0.3, -0.25) is 9.59 Å². The number of hydrogen-bond acceptors (Lipinski definition) is 5. The summed E-state index contributed by atoms with van der Waals surface area (Å²) in [7, 11) is 0. The van der Waals surface area contributed by atoms with Crippen LogP contribution < -0.4 is 10.6 Å². The van der Waals surface area contributed by atoms with Crippen LogP contribution in [-0.4, -0.2) is 11.7 Å². The molecule has 1 aliphatic heterocycles. The summed E-state index contributed by atoms with van der Waals surface area (Å²) in [6, 6.07) is 8.20. The summed E-state index contributed by atoms with van der Waals surface area (Å²) in [5.74, 6) is -1.10. The van der Waals surface area contributed by atoms with Gasteiger partial charge in [0, 0.05) is 36.1 Å². The van der Waals surface area contributed by atoms with Gasteiger partial charge in [-0.25, -0.2) is 4.39 Å². The van der Waals surface area contributed by atoms with Crippen LogP contribution in [0.15, 0.2) is 35.5 Å². The van der Waals surface area contributed by atoms with Gasteiger partial charge in [-0.2, -0.15) is 5.26 Å². The van der Waals surface area contributed by atoms with E-state index < -0.39 is 5.92 Å². The van der Waals surface area contributed by atoms with Crippen LogP contribution in [0.1, 0.15) is 55.5 Å². The highest BCUT2D eigenvalue weighted by Gasteiger charge is 2.43. The molecule has 29 heavy (non-hydrogen) atoms. The smallest absolute Gasteiger partial charge is 0.221 e. The third-order valence-corrected chi connectivity index (χ3v) is 6.34. The molecule has 0 bridgehead atoms. The molecule has 4 rings (SSSR count). The van der Waals surface area contributed by atoms with Crippen LogP contribution >= 0.6 is 11.3 Å². The monoisotopic (exact) mass is 409 g/mol. The summed E-state index contributed by atoms with van der Waals surface area (Å²) < 4.78 is 13.6.